The molecular weight excluding hydrogens is 216 g/mol. The van der Waals surface area contributed by atoms with Gasteiger partial charge in [-0.1, -0.05) is 13.8 Å². The van der Waals surface area contributed by atoms with Crippen LogP contribution in [-0.2, 0) is 4.79 Å². The summed E-state index contributed by atoms with van der Waals surface area (Å²) in [5, 5.41) is 8.67. The maximum absolute atomic E-state index is 13.3. The molecule has 1 aromatic carbocycles. The van der Waals surface area contributed by atoms with E-state index in [9.17, 15) is 13.6 Å². The standard InChI is InChI=1S/C11H13F2NO2/c1-5(2)6-3-7(10(14)11(15)16)9(13)4-8(6)12/h3-5,10H,14H2,1-2H3,(H,15,16). The minimum atomic E-state index is -1.47. The molecule has 0 bridgehead atoms. The number of carbonyl (C=O) groups is 1. The van der Waals surface area contributed by atoms with Crippen molar-refractivity contribution in [2.75, 3.05) is 0 Å². The second kappa shape index (κ2) is 4.57. The van der Waals surface area contributed by atoms with Crippen LogP contribution in [0.25, 0.3) is 0 Å². The number of carboxylic acid groups (broad SMARTS) is 1. The van der Waals surface area contributed by atoms with E-state index in [-0.39, 0.29) is 17.0 Å². The molecule has 0 saturated carbocycles. The summed E-state index contributed by atoms with van der Waals surface area (Å²) in [6.07, 6.45) is 0. The Morgan fingerprint density at radius 3 is 2.19 bits per heavy atom. The maximum Gasteiger partial charge on any atom is 0.325 e. The lowest BCUT2D eigenvalue weighted by atomic mass is 9.97. The van der Waals surface area contributed by atoms with Crippen molar-refractivity contribution in [1.82, 2.24) is 0 Å². The Morgan fingerprint density at radius 2 is 1.75 bits per heavy atom. The second-order valence-electron chi connectivity index (χ2n) is 3.87. The monoisotopic (exact) mass is 229 g/mol. The van der Waals surface area contributed by atoms with Gasteiger partial charge in [-0.2, -0.15) is 0 Å². The average Bonchev–Trinajstić information content (AvgIpc) is 2.16. The molecular formula is C11H13F2NO2. The lowest BCUT2D eigenvalue weighted by Crippen LogP contribution is -2.22. The highest BCUT2D eigenvalue weighted by molar-refractivity contribution is 5.75. The molecule has 0 saturated heterocycles. The second-order valence-corrected chi connectivity index (χ2v) is 3.87. The lowest BCUT2D eigenvalue weighted by Gasteiger charge is -2.13. The lowest BCUT2D eigenvalue weighted by molar-refractivity contribution is -0.138. The molecule has 0 spiro atoms. The molecule has 5 heteroatoms. The largest absolute Gasteiger partial charge is 0.480 e. The first-order chi connectivity index (χ1) is 7.34. The van der Waals surface area contributed by atoms with E-state index in [1.165, 1.54) is 6.07 Å². The van der Waals surface area contributed by atoms with Crippen LogP contribution in [0.1, 0.15) is 36.9 Å². The highest BCUT2D eigenvalue weighted by atomic mass is 19.1. The topological polar surface area (TPSA) is 63.3 Å². The highest BCUT2D eigenvalue weighted by Crippen LogP contribution is 2.25. The third kappa shape index (κ3) is 2.36. The van der Waals surface area contributed by atoms with Gasteiger partial charge in [-0.15, -0.1) is 0 Å². The van der Waals surface area contributed by atoms with Crippen LogP contribution in [0.2, 0.25) is 0 Å². The van der Waals surface area contributed by atoms with E-state index in [4.69, 9.17) is 10.8 Å². The van der Waals surface area contributed by atoms with Crippen LogP contribution in [0.5, 0.6) is 0 Å². The van der Waals surface area contributed by atoms with Crippen LogP contribution < -0.4 is 5.73 Å². The Hall–Kier alpha value is -1.49. The molecule has 0 radical (unpaired) electrons. The van der Waals surface area contributed by atoms with E-state index in [0.717, 1.165) is 0 Å². The van der Waals surface area contributed by atoms with Crippen molar-refractivity contribution in [1.29, 1.82) is 0 Å². The van der Waals surface area contributed by atoms with E-state index in [0.29, 0.717) is 6.07 Å². The number of halogens is 2. The van der Waals surface area contributed by atoms with Crippen LogP contribution in [0, 0.1) is 11.6 Å². The van der Waals surface area contributed by atoms with Crippen LogP contribution in [0.15, 0.2) is 12.1 Å². The number of hydrogen-bond donors (Lipinski definition) is 2. The third-order valence-electron chi connectivity index (χ3n) is 2.34. The Kier molecular flexibility index (Phi) is 3.59. The predicted molar refractivity (Wildman–Crippen MR) is 55.0 cm³/mol. The molecule has 3 N–H and O–H groups in total. The molecule has 0 aliphatic carbocycles. The molecule has 0 amide bonds. The molecule has 1 aromatic rings. The van der Waals surface area contributed by atoms with Gasteiger partial charge in [-0.3, -0.25) is 4.79 Å². The van der Waals surface area contributed by atoms with Gasteiger partial charge in [0.15, 0.2) is 0 Å². The highest BCUT2D eigenvalue weighted by Gasteiger charge is 2.21. The van der Waals surface area contributed by atoms with Gasteiger partial charge in [0.25, 0.3) is 0 Å². The number of carboxylic acids is 1. The van der Waals surface area contributed by atoms with Crippen LogP contribution >= 0.6 is 0 Å². The summed E-state index contributed by atoms with van der Waals surface area (Å²) in [6.45, 7) is 3.46. The van der Waals surface area contributed by atoms with Gasteiger partial charge < -0.3 is 10.8 Å². The first kappa shape index (κ1) is 12.6. The van der Waals surface area contributed by atoms with Gasteiger partial charge in [0.05, 0.1) is 0 Å². The zero-order valence-electron chi connectivity index (χ0n) is 9.00. The van der Waals surface area contributed by atoms with Crippen LogP contribution in [-0.4, -0.2) is 11.1 Å². The molecule has 0 fully saturated rings. The Balaban J connectivity index is 3.30. The molecule has 0 aliphatic heterocycles. The maximum atomic E-state index is 13.3. The normalized spacial score (nSPS) is 12.9. The average molecular weight is 229 g/mol. The first-order valence-corrected chi connectivity index (χ1v) is 4.81. The fraction of sp³-hybridized carbons (Fsp3) is 0.364. The van der Waals surface area contributed by atoms with Gasteiger partial charge in [0, 0.05) is 11.6 Å². The van der Waals surface area contributed by atoms with Crippen LogP contribution in [0.3, 0.4) is 0 Å². The molecule has 16 heavy (non-hydrogen) atoms. The van der Waals surface area contributed by atoms with Crippen molar-refractivity contribution >= 4 is 5.97 Å². The molecule has 1 rings (SSSR count). The van der Waals surface area contributed by atoms with Gasteiger partial charge in [-0.25, -0.2) is 8.78 Å². The van der Waals surface area contributed by atoms with Crippen molar-refractivity contribution in [3.63, 3.8) is 0 Å². The summed E-state index contributed by atoms with van der Waals surface area (Å²) in [7, 11) is 0. The van der Waals surface area contributed by atoms with Gasteiger partial charge in [0.1, 0.15) is 17.7 Å². The van der Waals surface area contributed by atoms with Crippen molar-refractivity contribution in [2.45, 2.75) is 25.8 Å². The van der Waals surface area contributed by atoms with Crippen molar-refractivity contribution < 1.29 is 18.7 Å². The quantitative estimate of drug-likeness (QED) is 0.834. The fourth-order valence-electron chi connectivity index (χ4n) is 1.40. The zero-order chi connectivity index (χ0) is 12.5. The van der Waals surface area contributed by atoms with Crippen molar-refractivity contribution in [2.24, 2.45) is 5.73 Å². The van der Waals surface area contributed by atoms with Crippen LogP contribution in [0.4, 0.5) is 8.78 Å². The number of hydrogen-bond acceptors (Lipinski definition) is 2. The summed E-state index contributed by atoms with van der Waals surface area (Å²) in [5.41, 5.74) is 5.36. The number of benzene rings is 1. The van der Waals surface area contributed by atoms with E-state index >= 15 is 0 Å². The number of aliphatic carboxylic acids is 1. The van der Waals surface area contributed by atoms with Gasteiger partial charge in [0.2, 0.25) is 0 Å². The smallest absolute Gasteiger partial charge is 0.325 e. The zero-order valence-corrected chi connectivity index (χ0v) is 9.00. The molecule has 1 unspecified atom stereocenters. The summed E-state index contributed by atoms with van der Waals surface area (Å²) in [5.74, 6) is -3.13. The van der Waals surface area contributed by atoms with Crippen molar-refractivity contribution in [3.05, 3.63) is 34.9 Å². The number of rotatable bonds is 3. The molecule has 0 heterocycles. The SMILES string of the molecule is CC(C)c1cc(C(N)C(=O)O)c(F)cc1F. The molecule has 3 nitrogen and oxygen atoms in total. The molecule has 1 atom stereocenters. The molecule has 88 valence electrons. The van der Waals surface area contributed by atoms with E-state index in [1.54, 1.807) is 13.8 Å². The van der Waals surface area contributed by atoms with Gasteiger partial charge in [-0.05, 0) is 17.5 Å². The summed E-state index contributed by atoms with van der Waals surface area (Å²) >= 11 is 0. The Labute approximate surface area is 91.9 Å². The fourth-order valence-corrected chi connectivity index (χ4v) is 1.40. The number of nitrogens with two attached hydrogens (primary N) is 1. The summed E-state index contributed by atoms with van der Waals surface area (Å²) in [6, 6.07) is 0.375. The van der Waals surface area contributed by atoms with Crippen molar-refractivity contribution in [3.8, 4) is 0 Å². The Bertz CT molecular complexity index is 419. The van der Waals surface area contributed by atoms with E-state index < -0.39 is 23.6 Å². The van der Waals surface area contributed by atoms with E-state index in [1.807, 2.05) is 0 Å². The molecule has 0 aliphatic rings. The summed E-state index contributed by atoms with van der Waals surface area (Å²) < 4.78 is 26.6. The summed E-state index contributed by atoms with van der Waals surface area (Å²) in [4.78, 5) is 10.6. The van der Waals surface area contributed by atoms with E-state index in [2.05, 4.69) is 0 Å². The Morgan fingerprint density at radius 1 is 1.25 bits per heavy atom. The first-order valence-electron chi connectivity index (χ1n) is 4.81. The minimum absolute atomic E-state index is 0.166. The minimum Gasteiger partial charge on any atom is -0.480 e. The predicted octanol–water partition coefficient (Wildman–Crippen LogP) is 2.17. The van der Waals surface area contributed by atoms with Gasteiger partial charge >= 0.3 is 5.97 Å². The molecule has 0 aromatic heterocycles. The third-order valence-corrected chi connectivity index (χ3v) is 2.34.